The van der Waals surface area contributed by atoms with Crippen molar-refractivity contribution in [3.63, 3.8) is 0 Å². The SMILES string of the molecule is N#CC1=C(N)OC2NNC(c3ccccn3)C2C1c1ccccc1F. The molecule has 4 unspecified atom stereocenters. The molecule has 0 saturated carbocycles. The van der Waals surface area contributed by atoms with E-state index >= 15 is 0 Å². The van der Waals surface area contributed by atoms with Gasteiger partial charge in [-0.1, -0.05) is 24.3 Å². The molecule has 1 fully saturated rings. The lowest BCUT2D eigenvalue weighted by atomic mass is 9.74. The van der Waals surface area contributed by atoms with Crippen molar-refractivity contribution < 1.29 is 9.13 Å². The number of hydrogen-bond acceptors (Lipinski definition) is 6. The number of allylic oxidation sites excluding steroid dienone is 1. The second kappa shape index (κ2) is 6.16. The first-order valence-corrected chi connectivity index (χ1v) is 7.93. The number of fused-ring (bicyclic) bond motifs is 1. The maximum Gasteiger partial charge on any atom is 0.200 e. The van der Waals surface area contributed by atoms with Gasteiger partial charge < -0.3 is 10.5 Å². The molecule has 2 aliphatic heterocycles. The van der Waals surface area contributed by atoms with Gasteiger partial charge in [0.15, 0.2) is 6.23 Å². The largest absolute Gasteiger partial charge is 0.458 e. The van der Waals surface area contributed by atoms with E-state index in [1.165, 1.54) is 6.07 Å². The third kappa shape index (κ3) is 2.52. The molecular formula is C18H16FN5O. The molecule has 1 aromatic carbocycles. The van der Waals surface area contributed by atoms with Crippen LogP contribution in [0.4, 0.5) is 4.39 Å². The predicted molar refractivity (Wildman–Crippen MR) is 87.6 cm³/mol. The minimum absolute atomic E-state index is 0.0213. The molecule has 3 heterocycles. The van der Waals surface area contributed by atoms with Gasteiger partial charge in [0.1, 0.15) is 11.9 Å². The summed E-state index contributed by atoms with van der Waals surface area (Å²) in [6.45, 7) is 0. The van der Waals surface area contributed by atoms with Crippen LogP contribution in [0.15, 0.2) is 60.1 Å². The molecular weight excluding hydrogens is 321 g/mol. The smallest absolute Gasteiger partial charge is 0.200 e. The Balaban J connectivity index is 1.85. The number of benzene rings is 1. The summed E-state index contributed by atoms with van der Waals surface area (Å²) in [7, 11) is 0. The van der Waals surface area contributed by atoms with Gasteiger partial charge in [-0.15, -0.1) is 0 Å². The average molecular weight is 337 g/mol. The molecule has 1 aromatic heterocycles. The fraction of sp³-hybridized carbons (Fsp3) is 0.222. The van der Waals surface area contributed by atoms with E-state index in [0.29, 0.717) is 5.56 Å². The number of nitrogens with two attached hydrogens (primary N) is 1. The molecule has 0 bridgehead atoms. The van der Waals surface area contributed by atoms with Gasteiger partial charge in [-0.3, -0.25) is 4.98 Å². The van der Waals surface area contributed by atoms with Crippen LogP contribution in [-0.2, 0) is 4.74 Å². The number of nitrogens with zero attached hydrogens (tertiary/aromatic N) is 2. The number of rotatable bonds is 2. The van der Waals surface area contributed by atoms with Crippen LogP contribution in [0.25, 0.3) is 0 Å². The maximum absolute atomic E-state index is 14.5. The summed E-state index contributed by atoms with van der Waals surface area (Å²) in [4.78, 5) is 4.39. The molecule has 0 radical (unpaired) electrons. The van der Waals surface area contributed by atoms with Gasteiger partial charge in [-0.2, -0.15) is 5.26 Å². The molecule has 2 aromatic rings. The first kappa shape index (κ1) is 15.6. The topological polar surface area (TPSA) is 96.0 Å². The maximum atomic E-state index is 14.5. The molecule has 4 rings (SSSR count). The van der Waals surface area contributed by atoms with Crippen LogP contribution in [0.1, 0.15) is 23.2 Å². The average Bonchev–Trinajstić information content (AvgIpc) is 3.05. The molecule has 0 aliphatic carbocycles. The van der Waals surface area contributed by atoms with E-state index in [-0.39, 0.29) is 29.2 Å². The van der Waals surface area contributed by atoms with Crippen molar-refractivity contribution in [2.24, 2.45) is 11.7 Å². The molecule has 1 saturated heterocycles. The van der Waals surface area contributed by atoms with Gasteiger partial charge >= 0.3 is 0 Å². The Bertz CT molecular complexity index is 863. The van der Waals surface area contributed by atoms with E-state index in [9.17, 15) is 9.65 Å². The first-order valence-electron chi connectivity index (χ1n) is 7.93. The summed E-state index contributed by atoms with van der Waals surface area (Å²) in [5.74, 6) is -1.18. The number of nitrogens with one attached hydrogen (secondary N) is 2. The van der Waals surface area contributed by atoms with Crippen molar-refractivity contribution in [2.45, 2.75) is 18.2 Å². The van der Waals surface area contributed by atoms with Crippen LogP contribution in [-0.4, -0.2) is 11.2 Å². The molecule has 7 heteroatoms. The summed E-state index contributed by atoms with van der Waals surface area (Å²) >= 11 is 0. The number of halogens is 1. The quantitative estimate of drug-likeness (QED) is 0.774. The minimum atomic E-state index is -0.542. The molecule has 25 heavy (non-hydrogen) atoms. The van der Waals surface area contributed by atoms with Crippen LogP contribution < -0.4 is 16.6 Å². The van der Waals surface area contributed by atoms with E-state index in [0.717, 1.165) is 5.69 Å². The van der Waals surface area contributed by atoms with Gasteiger partial charge in [0, 0.05) is 18.0 Å². The summed E-state index contributed by atoms with van der Waals surface area (Å²) in [5.41, 5.74) is 13.6. The van der Waals surface area contributed by atoms with Crippen molar-refractivity contribution in [3.8, 4) is 6.07 Å². The molecule has 2 aliphatic rings. The highest BCUT2D eigenvalue weighted by Crippen LogP contribution is 2.47. The highest BCUT2D eigenvalue weighted by atomic mass is 19.1. The lowest BCUT2D eigenvalue weighted by Gasteiger charge is -2.35. The van der Waals surface area contributed by atoms with Crippen molar-refractivity contribution in [1.29, 1.82) is 5.26 Å². The van der Waals surface area contributed by atoms with Gasteiger partial charge in [-0.05, 0) is 23.8 Å². The molecule has 6 nitrogen and oxygen atoms in total. The summed E-state index contributed by atoms with van der Waals surface area (Å²) < 4.78 is 20.2. The standard InChI is InChI=1S/C18H16FN5O/c19-12-6-2-1-5-10(12)14-11(9-20)17(21)25-18-15(14)16(23-24-18)13-7-3-4-8-22-13/h1-8,14-16,18,23-24H,21H2. The monoisotopic (exact) mass is 337 g/mol. The molecule has 4 N–H and O–H groups in total. The molecule has 126 valence electrons. The molecule has 4 atom stereocenters. The number of hydrazine groups is 1. The lowest BCUT2D eigenvalue weighted by molar-refractivity contribution is 0.0334. The van der Waals surface area contributed by atoms with Crippen molar-refractivity contribution in [2.75, 3.05) is 0 Å². The van der Waals surface area contributed by atoms with E-state index in [4.69, 9.17) is 10.5 Å². The number of aromatic nitrogens is 1. The van der Waals surface area contributed by atoms with Gasteiger partial charge in [0.05, 0.1) is 17.3 Å². The van der Waals surface area contributed by atoms with Crippen LogP contribution in [0.3, 0.4) is 0 Å². The molecule has 0 spiro atoms. The Morgan fingerprint density at radius 3 is 2.68 bits per heavy atom. The highest BCUT2D eigenvalue weighted by molar-refractivity contribution is 5.42. The normalized spacial score (nSPS) is 28.2. The Morgan fingerprint density at radius 2 is 1.96 bits per heavy atom. The number of pyridine rings is 1. The van der Waals surface area contributed by atoms with Crippen molar-refractivity contribution >= 4 is 0 Å². The van der Waals surface area contributed by atoms with Crippen molar-refractivity contribution in [3.05, 3.63) is 77.2 Å². The Morgan fingerprint density at radius 1 is 1.16 bits per heavy atom. The third-order valence-electron chi connectivity index (χ3n) is 4.70. The van der Waals surface area contributed by atoms with E-state index < -0.39 is 12.1 Å². The zero-order valence-electron chi connectivity index (χ0n) is 13.2. The second-order valence-electron chi connectivity index (χ2n) is 6.03. The fourth-order valence-electron chi connectivity index (χ4n) is 3.61. The lowest BCUT2D eigenvalue weighted by Crippen LogP contribution is -2.41. The van der Waals surface area contributed by atoms with E-state index in [1.54, 1.807) is 24.4 Å². The van der Waals surface area contributed by atoms with Crippen LogP contribution in [0.2, 0.25) is 0 Å². The Labute approximate surface area is 144 Å². The summed E-state index contributed by atoms with van der Waals surface area (Å²) in [6, 6.07) is 13.9. The van der Waals surface area contributed by atoms with E-state index in [1.807, 2.05) is 18.2 Å². The number of ether oxygens (including phenoxy) is 1. The summed E-state index contributed by atoms with van der Waals surface area (Å²) in [5, 5.41) is 9.61. The van der Waals surface area contributed by atoms with Crippen LogP contribution >= 0.6 is 0 Å². The second-order valence-corrected chi connectivity index (χ2v) is 6.03. The van der Waals surface area contributed by atoms with Crippen molar-refractivity contribution in [1.82, 2.24) is 15.8 Å². The van der Waals surface area contributed by atoms with Gasteiger partial charge in [-0.25, -0.2) is 15.2 Å². The zero-order valence-corrected chi connectivity index (χ0v) is 13.2. The fourth-order valence-corrected chi connectivity index (χ4v) is 3.61. The van der Waals surface area contributed by atoms with E-state index in [2.05, 4.69) is 21.9 Å². The Kier molecular flexibility index (Phi) is 3.84. The van der Waals surface area contributed by atoms with Gasteiger partial charge in [0.2, 0.25) is 5.88 Å². The molecule has 0 amide bonds. The zero-order chi connectivity index (χ0) is 17.4. The van der Waals surface area contributed by atoms with Gasteiger partial charge in [0.25, 0.3) is 0 Å². The third-order valence-corrected chi connectivity index (χ3v) is 4.70. The Hall–Kier alpha value is -2.95. The minimum Gasteiger partial charge on any atom is -0.458 e. The number of hydrogen-bond donors (Lipinski definition) is 3. The summed E-state index contributed by atoms with van der Waals surface area (Å²) in [6.07, 6.45) is 1.20. The first-order chi connectivity index (χ1) is 12.2. The van der Waals surface area contributed by atoms with Crippen LogP contribution in [0.5, 0.6) is 0 Å². The highest BCUT2D eigenvalue weighted by Gasteiger charge is 2.50. The number of nitriles is 1. The predicted octanol–water partition coefficient (Wildman–Crippen LogP) is 1.82. The van der Waals surface area contributed by atoms with Crippen LogP contribution in [0, 0.1) is 23.1 Å².